The van der Waals surface area contributed by atoms with Gasteiger partial charge in [0, 0.05) is 24.0 Å². The molecule has 0 atom stereocenters. The first-order valence-electron chi connectivity index (χ1n) is 8.63. The Morgan fingerprint density at radius 1 is 1.08 bits per heavy atom. The van der Waals surface area contributed by atoms with Crippen LogP contribution in [0.3, 0.4) is 0 Å². The minimum atomic E-state index is 0.0581. The Balaban J connectivity index is 1.98. The van der Waals surface area contributed by atoms with E-state index in [9.17, 15) is 0 Å². The standard InChI is InChI=1S/C22H26N2/c1-6-24-21-12-11-18(13-19(21)17(3)14-22(24,4)5)15-23-20-10-8-7-9-16(20)2/h7-15H,6H2,1-5H3. The zero-order valence-corrected chi connectivity index (χ0v) is 15.3. The zero-order valence-electron chi connectivity index (χ0n) is 15.3. The number of anilines is 1. The molecule has 0 unspecified atom stereocenters. The summed E-state index contributed by atoms with van der Waals surface area (Å²) in [7, 11) is 0. The van der Waals surface area contributed by atoms with Crippen molar-refractivity contribution in [1.29, 1.82) is 0 Å². The van der Waals surface area contributed by atoms with E-state index in [1.54, 1.807) is 0 Å². The van der Waals surface area contributed by atoms with Gasteiger partial charge in [-0.15, -0.1) is 0 Å². The quantitative estimate of drug-likeness (QED) is 0.656. The van der Waals surface area contributed by atoms with Gasteiger partial charge < -0.3 is 4.90 Å². The first-order valence-corrected chi connectivity index (χ1v) is 8.63. The first-order chi connectivity index (χ1) is 11.4. The lowest BCUT2D eigenvalue weighted by atomic mass is 9.88. The molecule has 0 N–H and O–H groups in total. The lowest BCUT2D eigenvalue weighted by molar-refractivity contribution is 0.566. The molecule has 2 nitrogen and oxygen atoms in total. The molecular weight excluding hydrogens is 292 g/mol. The normalized spacial score (nSPS) is 16.2. The van der Waals surface area contributed by atoms with Crippen molar-refractivity contribution in [2.45, 2.75) is 40.2 Å². The number of hydrogen-bond acceptors (Lipinski definition) is 2. The van der Waals surface area contributed by atoms with E-state index in [1.165, 1.54) is 22.4 Å². The van der Waals surface area contributed by atoms with Crippen molar-refractivity contribution in [3.05, 3.63) is 65.2 Å². The molecule has 2 heteroatoms. The molecular formula is C22H26N2. The molecule has 3 rings (SSSR count). The summed E-state index contributed by atoms with van der Waals surface area (Å²) in [6.07, 6.45) is 4.33. The van der Waals surface area contributed by atoms with Crippen LogP contribution in [0.5, 0.6) is 0 Å². The van der Waals surface area contributed by atoms with Crippen LogP contribution in [0.4, 0.5) is 11.4 Å². The third kappa shape index (κ3) is 3.01. The van der Waals surface area contributed by atoms with E-state index >= 15 is 0 Å². The van der Waals surface area contributed by atoms with Crippen LogP contribution in [0.1, 0.15) is 44.4 Å². The Morgan fingerprint density at radius 2 is 1.83 bits per heavy atom. The van der Waals surface area contributed by atoms with Crippen molar-refractivity contribution in [3.8, 4) is 0 Å². The summed E-state index contributed by atoms with van der Waals surface area (Å²) in [6.45, 7) is 12.1. The fraction of sp³-hybridized carbons (Fsp3) is 0.318. The van der Waals surface area contributed by atoms with Crippen LogP contribution in [0.25, 0.3) is 5.57 Å². The van der Waals surface area contributed by atoms with Crippen LogP contribution in [-0.4, -0.2) is 18.3 Å². The summed E-state index contributed by atoms with van der Waals surface area (Å²) < 4.78 is 0. The van der Waals surface area contributed by atoms with Crippen LogP contribution in [0, 0.1) is 6.92 Å². The molecule has 0 aliphatic carbocycles. The second-order valence-electron chi connectivity index (χ2n) is 7.05. The predicted octanol–water partition coefficient (Wildman–Crippen LogP) is 5.77. The third-order valence-electron chi connectivity index (χ3n) is 4.79. The SMILES string of the molecule is CCN1c2ccc(C=Nc3ccccc3C)cc2C(C)=CC1(C)C. The Hall–Kier alpha value is -2.35. The highest BCUT2D eigenvalue weighted by molar-refractivity contribution is 5.88. The molecule has 0 bridgehead atoms. The molecule has 1 aliphatic heterocycles. The second-order valence-corrected chi connectivity index (χ2v) is 7.05. The topological polar surface area (TPSA) is 15.6 Å². The summed E-state index contributed by atoms with van der Waals surface area (Å²) in [4.78, 5) is 7.12. The number of nitrogens with zero attached hydrogens (tertiary/aromatic N) is 2. The van der Waals surface area contributed by atoms with Gasteiger partial charge in [-0.25, -0.2) is 0 Å². The summed E-state index contributed by atoms with van der Waals surface area (Å²) in [5.41, 5.74) is 7.38. The Labute approximate surface area is 145 Å². The van der Waals surface area contributed by atoms with Gasteiger partial charge in [-0.05, 0) is 69.5 Å². The molecule has 1 aliphatic rings. The smallest absolute Gasteiger partial charge is 0.0659 e. The third-order valence-corrected chi connectivity index (χ3v) is 4.79. The molecule has 0 saturated carbocycles. The van der Waals surface area contributed by atoms with Crippen molar-refractivity contribution in [2.75, 3.05) is 11.4 Å². The number of benzene rings is 2. The van der Waals surface area contributed by atoms with Crippen molar-refractivity contribution in [1.82, 2.24) is 0 Å². The number of likely N-dealkylation sites (N-methyl/N-ethyl adjacent to an activating group) is 1. The highest BCUT2D eigenvalue weighted by atomic mass is 15.2. The number of allylic oxidation sites excluding steroid dienone is 1. The van der Waals surface area contributed by atoms with Gasteiger partial charge in [0.2, 0.25) is 0 Å². The van der Waals surface area contributed by atoms with E-state index < -0.39 is 0 Å². The van der Waals surface area contributed by atoms with E-state index in [0.29, 0.717) is 0 Å². The van der Waals surface area contributed by atoms with Crippen LogP contribution in [0.15, 0.2) is 53.5 Å². The van der Waals surface area contributed by atoms with Gasteiger partial charge in [0.05, 0.1) is 11.2 Å². The zero-order chi connectivity index (χ0) is 17.3. The maximum atomic E-state index is 4.66. The minimum absolute atomic E-state index is 0.0581. The summed E-state index contributed by atoms with van der Waals surface area (Å²) >= 11 is 0. The Kier molecular flexibility index (Phi) is 4.31. The average Bonchev–Trinajstić information content (AvgIpc) is 2.54. The highest BCUT2D eigenvalue weighted by Crippen LogP contribution is 2.38. The molecule has 0 aromatic heterocycles. The Bertz CT molecular complexity index is 812. The lowest BCUT2D eigenvalue weighted by Crippen LogP contribution is -2.44. The van der Waals surface area contributed by atoms with Crippen LogP contribution in [-0.2, 0) is 0 Å². The van der Waals surface area contributed by atoms with Crippen LogP contribution >= 0.6 is 0 Å². The van der Waals surface area contributed by atoms with Gasteiger partial charge in [-0.2, -0.15) is 0 Å². The molecule has 0 amide bonds. The molecule has 24 heavy (non-hydrogen) atoms. The minimum Gasteiger partial charge on any atom is -0.363 e. The van der Waals surface area contributed by atoms with Gasteiger partial charge in [0.25, 0.3) is 0 Å². The highest BCUT2D eigenvalue weighted by Gasteiger charge is 2.29. The van der Waals surface area contributed by atoms with Crippen molar-refractivity contribution in [3.63, 3.8) is 0 Å². The molecule has 124 valence electrons. The van der Waals surface area contributed by atoms with Crippen LogP contribution < -0.4 is 4.90 Å². The van der Waals surface area contributed by atoms with Gasteiger partial charge in [-0.1, -0.05) is 30.3 Å². The van der Waals surface area contributed by atoms with Gasteiger partial charge in [-0.3, -0.25) is 4.99 Å². The fourth-order valence-corrected chi connectivity index (χ4v) is 3.61. The largest absolute Gasteiger partial charge is 0.363 e. The maximum absolute atomic E-state index is 4.66. The Morgan fingerprint density at radius 3 is 2.54 bits per heavy atom. The van der Waals surface area contributed by atoms with E-state index in [2.05, 4.69) is 80.9 Å². The first kappa shape index (κ1) is 16.5. The van der Waals surface area contributed by atoms with E-state index in [0.717, 1.165) is 17.8 Å². The number of aryl methyl sites for hydroxylation is 1. The van der Waals surface area contributed by atoms with Gasteiger partial charge in [0.1, 0.15) is 0 Å². The van der Waals surface area contributed by atoms with Crippen molar-refractivity contribution >= 4 is 23.2 Å². The molecule has 0 spiro atoms. The monoisotopic (exact) mass is 318 g/mol. The molecule has 0 fully saturated rings. The fourth-order valence-electron chi connectivity index (χ4n) is 3.61. The van der Waals surface area contributed by atoms with E-state index in [1.807, 2.05) is 18.3 Å². The van der Waals surface area contributed by atoms with Gasteiger partial charge >= 0.3 is 0 Å². The molecule has 0 radical (unpaired) electrons. The summed E-state index contributed by atoms with van der Waals surface area (Å²) in [5, 5.41) is 0. The maximum Gasteiger partial charge on any atom is 0.0659 e. The van der Waals surface area contributed by atoms with E-state index in [-0.39, 0.29) is 5.54 Å². The summed E-state index contributed by atoms with van der Waals surface area (Å²) in [5.74, 6) is 0. The predicted molar refractivity (Wildman–Crippen MR) is 106 cm³/mol. The number of para-hydroxylation sites is 1. The molecule has 2 aromatic carbocycles. The van der Waals surface area contributed by atoms with Crippen molar-refractivity contribution < 1.29 is 0 Å². The number of rotatable bonds is 3. The summed E-state index contributed by atoms with van der Waals surface area (Å²) in [6, 6.07) is 14.9. The molecule has 2 aromatic rings. The lowest BCUT2D eigenvalue weighted by Gasteiger charge is -2.42. The van der Waals surface area contributed by atoms with Gasteiger partial charge in [0.15, 0.2) is 0 Å². The second kappa shape index (κ2) is 6.27. The van der Waals surface area contributed by atoms with Crippen LogP contribution in [0.2, 0.25) is 0 Å². The molecule has 1 heterocycles. The van der Waals surface area contributed by atoms with Crippen molar-refractivity contribution in [2.24, 2.45) is 4.99 Å². The number of hydrogen-bond donors (Lipinski definition) is 0. The average molecular weight is 318 g/mol. The number of fused-ring (bicyclic) bond motifs is 1. The van der Waals surface area contributed by atoms with E-state index in [4.69, 9.17) is 0 Å². The molecule has 0 saturated heterocycles. The number of aliphatic imine (C=N–C) groups is 1.